The molecule has 1 aromatic rings. The summed E-state index contributed by atoms with van der Waals surface area (Å²) in [5.74, 6) is 0.461. The van der Waals surface area contributed by atoms with Crippen LogP contribution in [0.15, 0.2) is 18.2 Å². The molecule has 5 nitrogen and oxygen atoms in total. The van der Waals surface area contributed by atoms with Gasteiger partial charge in [-0.3, -0.25) is 19.2 Å². The normalized spacial score (nSPS) is 17.8. The van der Waals surface area contributed by atoms with Crippen molar-refractivity contribution in [3.05, 3.63) is 39.7 Å². The van der Waals surface area contributed by atoms with E-state index < -0.39 is 27.2 Å². The second kappa shape index (κ2) is 5.53. The van der Waals surface area contributed by atoms with Gasteiger partial charge >= 0.3 is 5.69 Å². The molecule has 7 heteroatoms. The van der Waals surface area contributed by atoms with E-state index in [1.807, 2.05) is 0 Å². The maximum absolute atomic E-state index is 13.4. The highest BCUT2D eigenvalue weighted by Crippen LogP contribution is 2.19. The third-order valence-corrected chi connectivity index (χ3v) is 4.16. The Morgan fingerprint density at radius 2 is 2.06 bits per heavy atom. The topological polar surface area (TPSA) is 63.5 Å². The molecule has 1 aliphatic heterocycles. The molecule has 18 heavy (non-hydrogen) atoms. The molecule has 0 spiro atoms. The number of hydrogen-bond donors (Lipinski definition) is 0. The molecule has 0 aliphatic carbocycles. The third-order valence-electron chi connectivity index (χ3n) is 2.89. The fourth-order valence-electron chi connectivity index (χ4n) is 1.89. The average molecular weight is 272 g/mol. The Hall–Kier alpha value is -1.34. The molecular weight excluding hydrogens is 259 g/mol. The van der Waals surface area contributed by atoms with Gasteiger partial charge < -0.3 is 0 Å². The molecule has 1 heterocycles. The number of nitro benzene ring substituents is 1. The van der Waals surface area contributed by atoms with Crippen LogP contribution in [-0.2, 0) is 17.3 Å². The van der Waals surface area contributed by atoms with Crippen LogP contribution < -0.4 is 0 Å². The predicted molar refractivity (Wildman–Crippen MR) is 66.2 cm³/mol. The van der Waals surface area contributed by atoms with E-state index in [4.69, 9.17) is 0 Å². The quantitative estimate of drug-likeness (QED) is 0.614. The lowest BCUT2D eigenvalue weighted by molar-refractivity contribution is -0.387. The molecule has 0 radical (unpaired) electrons. The SMILES string of the molecule is O=[N+]([O-])c1ccc(CN2CCS(=O)CC2)cc1F. The molecule has 98 valence electrons. The van der Waals surface area contributed by atoms with Gasteiger partial charge in [0.25, 0.3) is 0 Å². The predicted octanol–water partition coefficient (Wildman–Crippen LogP) is 1.30. The first-order chi connectivity index (χ1) is 8.56. The summed E-state index contributed by atoms with van der Waals surface area (Å²) in [7, 11) is -0.738. The number of halogens is 1. The van der Waals surface area contributed by atoms with Crippen molar-refractivity contribution in [2.24, 2.45) is 0 Å². The first kappa shape index (κ1) is 13.1. The van der Waals surface area contributed by atoms with Crippen molar-refractivity contribution in [1.82, 2.24) is 4.90 Å². The van der Waals surface area contributed by atoms with E-state index in [1.165, 1.54) is 12.1 Å². The number of nitrogens with zero attached hydrogens (tertiary/aromatic N) is 2. The summed E-state index contributed by atoms with van der Waals surface area (Å²) in [5, 5.41) is 10.5. The maximum Gasteiger partial charge on any atom is 0.304 e. The first-order valence-electron chi connectivity index (χ1n) is 5.56. The molecule has 0 amide bonds. The van der Waals surface area contributed by atoms with Gasteiger partial charge in [-0.25, -0.2) is 0 Å². The van der Waals surface area contributed by atoms with E-state index in [0.717, 1.165) is 0 Å². The van der Waals surface area contributed by atoms with E-state index in [2.05, 4.69) is 4.90 Å². The third kappa shape index (κ3) is 3.11. The molecule has 0 aromatic heterocycles. The summed E-state index contributed by atoms with van der Waals surface area (Å²) >= 11 is 0. The molecule has 0 bridgehead atoms. The van der Waals surface area contributed by atoms with Crippen molar-refractivity contribution in [2.75, 3.05) is 24.6 Å². The Labute approximate surface area is 106 Å². The summed E-state index contributed by atoms with van der Waals surface area (Å²) < 4.78 is 24.6. The molecule has 0 atom stereocenters. The molecule has 0 N–H and O–H groups in total. The molecule has 1 fully saturated rings. The van der Waals surface area contributed by atoms with E-state index >= 15 is 0 Å². The summed E-state index contributed by atoms with van der Waals surface area (Å²) in [6.07, 6.45) is 0. The smallest absolute Gasteiger partial charge is 0.297 e. The van der Waals surface area contributed by atoms with Crippen molar-refractivity contribution < 1.29 is 13.5 Å². The lowest BCUT2D eigenvalue weighted by Gasteiger charge is -2.25. The monoisotopic (exact) mass is 272 g/mol. The molecule has 1 aliphatic rings. The Balaban J connectivity index is 2.04. The Morgan fingerprint density at radius 1 is 1.39 bits per heavy atom. The summed E-state index contributed by atoms with van der Waals surface area (Å²) in [6.45, 7) is 1.96. The number of benzene rings is 1. The van der Waals surface area contributed by atoms with Crippen LogP contribution in [0.2, 0.25) is 0 Å². The van der Waals surface area contributed by atoms with Crippen LogP contribution in [0.1, 0.15) is 5.56 Å². The highest BCUT2D eigenvalue weighted by Gasteiger charge is 2.17. The van der Waals surface area contributed by atoms with Crippen molar-refractivity contribution in [3.63, 3.8) is 0 Å². The van der Waals surface area contributed by atoms with Crippen molar-refractivity contribution in [1.29, 1.82) is 0 Å². The van der Waals surface area contributed by atoms with E-state index in [0.29, 0.717) is 36.7 Å². The zero-order valence-corrected chi connectivity index (χ0v) is 10.5. The van der Waals surface area contributed by atoms with Crippen LogP contribution in [-0.4, -0.2) is 38.6 Å². The Bertz CT molecular complexity index is 485. The van der Waals surface area contributed by atoms with Crippen LogP contribution in [0.5, 0.6) is 0 Å². The van der Waals surface area contributed by atoms with Crippen LogP contribution in [0.3, 0.4) is 0 Å². The minimum atomic E-state index is -0.807. The van der Waals surface area contributed by atoms with E-state index in [-0.39, 0.29) is 0 Å². The maximum atomic E-state index is 13.4. The van der Waals surface area contributed by atoms with Crippen LogP contribution >= 0.6 is 0 Å². The largest absolute Gasteiger partial charge is 0.304 e. The summed E-state index contributed by atoms with van der Waals surface area (Å²) in [6, 6.07) is 3.95. The highest BCUT2D eigenvalue weighted by atomic mass is 32.2. The van der Waals surface area contributed by atoms with Gasteiger partial charge in [0.1, 0.15) is 0 Å². The Kier molecular flexibility index (Phi) is 4.03. The van der Waals surface area contributed by atoms with Gasteiger partial charge in [0.05, 0.1) is 4.92 Å². The van der Waals surface area contributed by atoms with Gasteiger partial charge in [-0.2, -0.15) is 4.39 Å². The van der Waals surface area contributed by atoms with Crippen molar-refractivity contribution in [3.8, 4) is 0 Å². The zero-order valence-electron chi connectivity index (χ0n) is 9.67. The number of hydrogen-bond acceptors (Lipinski definition) is 4. The van der Waals surface area contributed by atoms with Gasteiger partial charge in [0.15, 0.2) is 0 Å². The van der Waals surface area contributed by atoms with E-state index in [1.54, 1.807) is 6.07 Å². The highest BCUT2D eigenvalue weighted by molar-refractivity contribution is 7.85. The summed E-state index contributed by atoms with van der Waals surface area (Å²) in [4.78, 5) is 11.8. The summed E-state index contributed by atoms with van der Waals surface area (Å²) in [5.41, 5.74) is 0.198. The second-order valence-electron chi connectivity index (χ2n) is 4.17. The number of nitro groups is 1. The molecule has 0 saturated carbocycles. The average Bonchev–Trinajstić information content (AvgIpc) is 2.32. The van der Waals surface area contributed by atoms with Crippen LogP contribution in [0.4, 0.5) is 10.1 Å². The molecule has 1 saturated heterocycles. The van der Waals surface area contributed by atoms with Crippen LogP contribution in [0, 0.1) is 15.9 Å². The molecular formula is C11H13FN2O3S. The molecule has 0 unspecified atom stereocenters. The van der Waals surface area contributed by atoms with Crippen molar-refractivity contribution >= 4 is 16.5 Å². The fraction of sp³-hybridized carbons (Fsp3) is 0.455. The van der Waals surface area contributed by atoms with Crippen LogP contribution in [0.25, 0.3) is 0 Å². The lowest BCUT2D eigenvalue weighted by atomic mass is 10.2. The minimum absolute atomic E-state index is 0.501. The standard InChI is InChI=1S/C11H13FN2O3S/c12-10-7-9(1-2-11(10)14(15)16)8-13-3-5-18(17)6-4-13/h1-2,7H,3-6,8H2. The zero-order chi connectivity index (χ0) is 13.1. The van der Waals surface area contributed by atoms with Gasteiger partial charge in [0.2, 0.25) is 5.82 Å². The fourth-order valence-corrected chi connectivity index (χ4v) is 3.02. The Morgan fingerprint density at radius 3 is 2.61 bits per heavy atom. The molecule has 2 rings (SSSR count). The lowest BCUT2D eigenvalue weighted by Crippen LogP contribution is -2.37. The van der Waals surface area contributed by atoms with Gasteiger partial charge in [-0.1, -0.05) is 6.07 Å². The molecule has 1 aromatic carbocycles. The van der Waals surface area contributed by atoms with E-state index in [9.17, 15) is 18.7 Å². The van der Waals surface area contributed by atoms with Crippen molar-refractivity contribution in [2.45, 2.75) is 6.54 Å². The minimum Gasteiger partial charge on any atom is -0.297 e. The number of rotatable bonds is 3. The van der Waals surface area contributed by atoms with Gasteiger partial charge in [-0.15, -0.1) is 0 Å². The second-order valence-corrected chi connectivity index (χ2v) is 5.86. The van der Waals surface area contributed by atoms with Gasteiger partial charge in [0, 0.05) is 48.0 Å². The first-order valence-corrected chi connectivity index (χ1v) is 7.05. The van der Waals surface area contributed by atoms with Gasteiger partial charge in [-0.05, 0) is 11.6 Å².